The SMILES string of the molecule is C=C1\C=C/C(c2cn[nH]c2-c2cccc(C)n2)=C/C=C/C1=C/C(=C\C)NC(=O)C(F)(F)F. The Morgan fingerprint density at radius 1 is 1.22 bits per heavy atom. The summed E-state index contributed by atoms with van der Waals surface area (Å²) in [6.45, 7) is 7.43. The molecule has 2 N–H and O–H groups in total. The molecule has 0 atom stereocenters. The Balaban J connectivity index is 1.89. The van der Waals surface area contributed by atoms with Gasteiger partial charge in [-0.05, 0) is 48.8 Å². The number of nitrogens with zero attached hydrogens (tertiary/aromatic N) is 2. The van der Waals surface area contributed by atoms with Crippen LogP contribution in [0.5, 0.6) is 0 Å². The van der Waals surface area contributed by atoms with Gasteiger partial charge in [-0.25, -0.2) is 0 Å². The Morgan fingerprint density at radius 3 is 2.69 bits per heavy atom. The Morgan fingerprint density at radius 2 is 2.00 bits per heavy atom. The molecule has 0 aliphatic heterocycles. The molecule has 2 aromatic rings. The number of alkyl halides is 3. The third-order valence-corrected chi connectivity index (χ3v) is 4.62. The zero-order chi connectivity index (χ0) is 23.3. The lowest BCUT2D eigenvalue weighted by Crippen LogP contribution is -2.35. The second-order valence-electron chi connectivity index (χ2n) is 6.96. The molecule has 0 saturated heterocycles. The lowest BCUT2D eigenvalue weighted by molar-refractivity contribution is -0.172. The van der Waals surface area contributed by atoms with Gasteiger partial charge in [-0.15, -0.1) is 0 Å². The van der Waals surface area contributed by atoms with E-state index in [1.54, 1.807) is 24.4 Å². The van der Waals surface area contributed by atoms with Gasteiger partial charge in [0.1, 0.15) is 0 Å². The van der Waals surface area contributed by atoms with E-state index < -0.39 is 12.1 Å². The molecule has 1 aliphatic rings. The number of H-pyrrole nitrogens is 1. The van der Waals surface area contributed by atoms with Crippen molar-refractivity contribution in [2.75, 3.05) is 0 Å². The quantitative estimate of drug-likeness (QED) is 0.676. The molecule has 8 heteroatoms. The van der Waals surface area contributed by atoms with Crippen LogP contribution >= 0.6 is 0 Å². The van der Waals surface area contributed by atoms with Crippen molar-refractivity contribution in [3.05, 3.63) is 102 Å². The van der Waals surface area contributed by atoms with Crippen LogP contribution in [0.1, 0.15) is 18.2 Å². The summed E-state index contributed by atoms with van der Waals surface area (Å²) in [7, 11) is 0. The lowest BCUT2D eigenvalue weighted by Gasteiger charge is -2.11. The van der Waals surface area contributed by atoms with Crippen LogP contribution in [0.3, 0.4) is 0 Å². The third-order valence-electron chi connectivity index (χ3n) is 4.62. The molecule has 0 aromatic carbocycles. The van der Waals surface area contributed by atoms with E-state index in [1.165, 1.54) is 19.1 Å². The Labute approximate surface area is 183 Å². The maximum absolute atomic E-state index is 12.6. The number of hydrogen-bond donors (Lipinski definition) is 2. The second kappa shape index (κ2) is 9.47. The number of allylic oxidation sites excluding steroid dienone is 10. The van der Waals surface area contributed by atoms with Crippen LogP contribution in [0.4, 0.5) is 13.2 Å². The fourth-order valence-electron chi connectivity index (χ4n) is 2.97. The van der Waals surface area contributed by atoms with Crippen molar-refractivity contribution in [1.82, 2.24) is 20.5 Å². The standard InChI is InChI=1S/C24H21F3N4O/c1-4-19(30-23(32)24(25,26)27)13-18-9-6-8-17(12-11-15(18)2)20-14-28-31-22(20)21-10-5-7-16(3)29-21/h4-14H,2H2,1,3H3,(H,28,31)(H,30,32)/b9-6+,12-11-,17-8-,18-13-,19-4+. The highest BCUT2D eigenvalue weighted by atomic mass is 19.4. The van der Waals surface area contributed by atoms with E-state index in [-0.39, 0.29) is 5.70 Å². The molecule has 0 fully saturated rings. The van der Waals surface area contributed by atoms with Crippen molar-refractivity contribution in [3.63, 3.8) is 0 Å². The number of amides is 1. The summed E-state index contributed by atoms with van der Waals surface area (Å²) in [4.78, 5) is 15.8. The van der Waals surface area contributed by atoms with E-state index in [0.717, 1.165) is 28.2 Å². The predicted molar refractivity (Wildman–Crippen MR) is 118 cm³/mol. The zero-order valence-electron chi connectivity index (χ0n) is 17.5. The van der Waals surface area contributed by atoms with Gasteiger partial charge in [-0.3, -0.25) is 14.9 Å². The molecule has 0 spiro atoms. The van der Waals surface area contributed by atoms with Crippen LogP contribution in [0, 0.1) is 6.92 Å². The van der Waals surface area contributed by atoms with Crippen molar-refractivity contribution < 1.29 is 18.0 Å². The maximum atomic E-state index is 12.6. The number of nitrogens with one attached hydrogen (secondary N) is 2. The normalized spacial score (nSPS) is 19.7. The highest BCUT2D eigenvalue weighted by molar-refractivity contribution is 5.85. The topological polar surface area (TPSA) is 70.7 Å². The Hall–Kier alpha value is -3.94. The van der Waals surface area contributed by atoms with E-state index in [0.29, 0.717) is 11.1 Å². The average molecular weight is 438 g/mol. The van der Waals surface area contributed by atoms with Crippen LogP contribution in [0.15, 0.2) is 90.4 Å². The molecular formula is C24H21F3N4O. The number of rotatable bonds is 4. The number of carbonyl (C=O) groups is 1. The summed E-state index contributed by atoms with van der Waals surface area (Å²) in [5.74, 6) is -2.03. The van der Waals surface area contributed by atoms with Gasteiger partial charge in [0.2, 0.25) is 0 Å². The molecule has 1 amide bonds. The van der Waals surface area contributed by atoms with E-state index >= 15 is 0 Å². The van der Waals surface area contributed by atoms with Crippen LogP contribution < -0.4 is 5.32 Å². The van der Waals surface area contributed by atoms with Crippen molar-refractivity contribution in [2.45, 2.75) is 20.0 Å². The van der Waals surface area contributed by atoms with Crippen molar-refractivity contribution >= 4 is 11.5 Å². The number of pyridine rings is 1. The smallest absolute Gasteiger partial charge is 0.319 e. The molecule has 0 unspecified atom stereocenters. The summed E-state index contributed by atoms with van der Waals surface area (Å²) in [5.41, 5.74) is 5.24. The molecule has 0 saturated carbocycles. The van der Waals surface area contributed by atoms with Crippen molar-refractivity contribution in [1.29, 1.82) is 0 Å². The Bertz CT molecular complexity index is 1190. The van der Waals surface area contributed by atoms with Crippen LogP contribution in [0.2, 0.25) is 0 Å². The van der Waals surface area contributed by atoms with Gasteiger partial charge in [0.15, 0.2) is 0 Å². The molecule has 2 heterocycles. The fraction of sp³-hybridized carbons (Fsp3) is 0.125. The number of hydrogen-bond acceptors (Lipinski definition) is 3. The van der Waals surface area contributed by atoms with Gasteiger partial charge < -0.3 is 5.32 Å². The molecule has 3 rings (SSSR count). The fourth-order valence-corrected chi connectivity index (χ4v) is 2.97. The van der Waals surface area contributed by atoms with E-state index in [1.807, 2.05) is 42.6 Å². The molecule has 2 aromatic heterocycles. The van der Waals surface area contributed by atoms with Gasteiger partial charge in [0.05, 0.1) is 17.6 Å². The minimum atomic E-state index is -4.97. The molecule has 1 aliphatic carbocycles. The molecule has 32 heavy (non-hydrogen) atoms. The second-order valence-corrected chi connectivity index (χ2v) is 6.96. The van der Waals surface area contributed by atoms with Gasteiger partial charge in [-0.1, -0.05) is 49.1 Å². The van der Waals surface area contributed by atoms with Gasteiger partial charge in [-0.2, -0.15) is 18.3 Å². The van der Waals surface area contributed by atoms with Crippen LogP contribution in [-0.4, -0.2) is 27.3 Å². The zero-order valence-corrected chi connectivity index (χ0v) is 17.5. The summed E-state index contributed by atoms with van der Waals surface area (Å²) >= 11 is 0. The average Bonchev–Trinajstić information content (AvgIpc) is 3.21. The van der Waals surface area contributed by atoms with Gasteiger partial charge in [0.25, 0.3) is 0 Å². The highest BCUT2D eigenvalue weighted by Crippen LogP contribution is 2.29. The summed E-state index contributed by atoms with van der Waals surface area (Å²) < 4.78 is 37.7. The minimum absolute atomic E-state index is 0.0222. The molecule has 0 radical (unpaired) electrons. The first-order valence-electron chi connectivity index (χ1n) is 9.68. The Kier molecular flexibility index (Phi) is 6.73. The third kappa shape index (κ3) is 5.40. The van der Waals surface area contributed by atoms with Crippen LogP contribution in [0.25, 0.3) is 17.0 Å². The lowest BCUT2D eigenvalue weighted by atomic mass is 9.97. The predicted octanol–water partition coefficient (Wildman–Crippen LogP) is 5.35. The van der Waals surface area contributed by atoms with Crippen molar-refractivity contribution in [2.24, 2.45) is 0 Å². The number of aromatic nitrogens is 3. The maximum Gasteiger partial charge on any atom is 0.471 e. The van der Waals surface area contributed by atoms with Gasteiger partial charge in [0, 0.05) is 17.0 Å². The summed E-state index contributed by atoms with van der Waals surface area (Å²) in [6.07, 6.45) is 8.47. The van der Waals surface area contributed by atoms with E-state index in [4.69, 9.17) is 0 Å². The number of carbonyl (C=O) groups excluding carboxylic acids is 1. The monoisotopic (exact) mass is 438 g/mol. The van der Waals surface area contributed by atoms with E-state index in [9.17, 15) is 18.0 Å². The summed E-state index contributed by atoms with van der Waals surface area (Å²) in [5, 5.41) is 8.99. The van der Waals surface area contributed by atoms with Gasteiger partial charge >= 0.3 is 12.1 Å². The van der Waals surface area contributed by atoms with E-state index in [2.05, 4.69) is 21.8 Å². The largest absolute Gasteiger partial charge is 0.471 e. The number of halogens is 3. The first-order valence-corrected chi connectivity index (χ1v) is 9.68. The van der Waals surface area contributed by atoms with Crippen LogP contribution in [-0.2, 0) is 4.79 Å². The molecule has 5 nitrogen and oxygen atoms in total. The molecule has 0 bridgehead atoms. The number of aryl methyl sites for hydroxylation is 1. The minimum Gasteiger partial charge on any atom is -0.319 e. The van der Waals surface area contributed by atoms with Crippen molar-refractivity contribution in [3.8, 4) is 11.4 Å². The summed E-state index contributed by atoms with van der Waals surface area (Å²) in [6, 6.07) is 5.71. The first kappa shape index (κ1) is 22.7. The highest BCUT2D eigenvalue weighted by Gasteiger charge is 2.38. The number of aromatic amines is 1. The first-order chi connectivity index (χ1) is 15.2. The molecule has 164 valence electrons. The molecular weight excluding hydrogens is 417 g/mol.